The predicted molar refractivity (Wildman–Crippen MR) is 87.9 cm³/mol. The van der Waals surface area contributed by atoms with Gasteiger partial charge in [-0.3, -0.25) is 14.5 Å². The third-order valence-electron chi connectivity index (χ3n) is 3.83. The van der Waals surface area contributed by atoms with E-state index < -0.39 is 5.97 Å². The molecule has 0 spiro atoms. The molecule has 132 valence electrons. The molecule has 1 amide bonds. The van der Waals surface area contributed by atoms with Gasteiger partial charge in [0.15, 0.2) is 0 Å². The van der Waals surface area contributed by atoms with Crippen LogP contribution in [0.4, 0.5) is 0 Å². The number of nitrogens with one attached hydrogen (secondary N) is 1. The van der Waals surface area contributed by atoms with E-state index in [4.69, 9.17) is 14.6 Å². The maximum Gasteiger partial charge on any atom is 0.322 e. The summed E-state index contributed by atoms with van der Waals surface area (Å²) in [5.41, 5.74) is 1.03. The Hall–Kier alpha value is -2.12. The minimum atomic E-state index is -1.05. The summed E-state index contributed by atoms with van der Waals surface area (Å²) in [4.78, 5) is 24.5. The molecule has 1 atom stereocenters. The molecule has 1 aliphatic rings. The first-order valence-corrected chi connectivity index (χ1v) is 8.02. The molecular weight excluding hydrogens is 312 g/mol. The van der Waals surface area contributed by atoms with Crippen molar-refractivity contribution in [1.82, 2.24) is 10.2 Å². The fourth-order valence-electron chi connectivity index (χ4n) is 2.72. The van der Waals surface area contributed by atoms with E-state index in [1.54, 1.807) is 7.11 Å². The number of aliphatic carboxylic acids is 1. The summed E-state index contributed by atoms with van der Waals surface area (Å²) in [5, 5.41) is 11.1. The van der Waals surface area contributed by atoms with Crippen molar-refractivity contribution >= 4 is 11.9 Å². The Morgan fingerprint density at radius 2 is 2.29 bits per heavy atom. The van der Waals surface area contributed by atoms with Gasteiger partial charge in [-0.25, -0.2) is 0 Å². The summed E-state index contributed by atoms with van der Waals surface area (Å²) in [7, 11) is 1.61. The lowest BCUT2D eigenvalue weighted by atomic mass is 10.1. The molecule has 0 aliphatic carbocycles. The second kappa shape index (κ2) is 9.24. The molecule has 24 heavy (non-hydrogen) atoms. The van der Waals surface area contributed by atoms with Crippen LogP contribution in [0.2, 0.25) is 0 Å². The molecule has 1 aliphatic heterocycles. The van der Waals surface area contributed by atoms with E-state index in [9.17, 15) is 9.59 Å². The van der Waals surface area contributed by atoms with E-state index in [2.05, 4.69) is 5.32 Å². The van der Waals surface area contributed by atoms with Crippen LogP contribution >= 0.6 is 0 Å². The maximum atomic E-state index is 12.0. The molecule has 1 unspecified atom stereocenters. The number of methoxy groups -OCH3 is 1. The SMILES string of the molecule is COc1cccc(CN(CC(=O)NCC(=O)O)CC2CCCO2)c1. The monoisotopic (exact) mass is 336 g/mol. The second-order valence-corrected chi connectivity index (χ2v) is 5.83. The molecule has 0 bridgehead atoms. The molecule has 0 aromatic heterocycles. The van der Waals surface area contributed by atoms with Gasteiger partial charge in [-0.2, -0.15) is 0 Å². The van der Waals surface area contributed by atoms with Crippen molar-refractivity contribution < 1.29 is 24.2 Å². The van der Waals surface area contributed by atoms with Crippen LogP contribution in [-0.4, -0.2) is 61.3 Å². The molecule has 1 aromatic carbocycles. The highest BCUT2D eigenvalue weighted by Gasteiger charge is 2.21. The molecule has 7 heteroatoms. The van der Waals surface area contributed by atoms with Gasteiger partial charge in [-0.1, -0.05) is 12.1 Å². The number of carboxylic acid groups (broad SMARTS) is 1. The van der Waals surface area contributed by atoms with Crippen molar-refractivity contribution in [3.05, 3.63) is 29.8 Å². The Kier molecular flexibility index (Phi) is 7.02. The average molecular weight is 336 g/mol. The van der Waals surface area contributed by atoms with Gasteiger partial charge >= 0.3 is 5.97 Å². The zero-order valence-electron chi connectivity index (χ0n) is 13.9. The Labute approximate surface area is 141 Å². The summed E-state index contributed by atoms with van der Waals surface area (Å²) in [5.74, 6) is -0.597. The lowest BCUT2D eigenvalue weighted by molar-refractivity contribution is -0.138. The lowest BCUT2D eigenvalue weighted by Gasteiger charge is -2.24. The Bertz CT molecular complexity index is 558. The summed E-state index contributed by atoms with van der Waals surface area (Å²) in [6.07, 6.45) is 2.12. The number of rotatable bonds is 9. The molecule has 0 saturated carbocycles. The highest BCUT2D eigenvalue weighted by atomic mass is 16.5. The maximum absolute atomic E-state index is 12.0. The van der Waals surface area contributed by atoms with Crippen molar-refractivity contribution in [2.75, 3.05) is 33.4 Å². The van der Waals surface area contributed by atoms with Crippen LogP contribution in [0, 0.1) is 0 Å². The van der Waals surface area contributed by atoms with Gasteiger partial charge in [0.1, 0.15) is 12.3 Å². The predicted octanol–water partition coefficient (Wildman–Crippen LogP) is 0.877. The second-order valence-electron chi connectivity index (χ2n) is 5.83. The number of benzene rings is 1. The number of ether oxygens (including phenoxy) is 2. The average Bonchev–Trinajstić information content (AvgIpc) is 3.06. The van der Waals surface area contributed by atoms with E-state index in [-0.39, 0.29) is 25.1 Å². The van der Waals surface area contributed by atoms with Crippen molar-refractivity contribution in [1.29, 1.82) is 0 Å². The summed E-state index contributed by atoms with van der Waals surface area (Å²) in [6, 6.07) is 7.67. The van der Waals surface area contributed by atoms with E-state index >= 15 is 0 Å². The molecule has 1 aromatic rings. The van der Waals surface area contributed by atoms with Crippen LogP contribution in [0.3, 0.4) is 0 Å². The number of amides is 1. The van der Waals surface area contributed by atoms with Gasteiger partial charge in [0.05, 0.1) is 19.8 Å². The van der Waals surface area contributed by atoms with Crippen LogP contribution in [0.15, 0.2) is 24.3 Å². The van der Waals surface area contributed by atoms with Crippen molar-refractivity contribution in [3.63, 3.8) is 0 Å². The van der Waals surface area contributed by atoms with Crippen molar-refractivity contribution in [3.8, 4) is 5.75 Å². The first kappa shape index (κ1) is 18.2. The number of hydrogen-bond acceptors (Lipinski definition) is 5. The first-order chi connectivity index (χ1) is 11.6. The van der Waals surface area contributed by atoms with Gasteiger partial charge in [0.2, 0.25) is 5.91 Å². The summed E-state index contributed by atoms with van der Waals surface area (Å²) >= 11 is 0. The van der Waals surface area contributed by atoms with Crippen molar-refractivity contribution in [2.24, 2.45) is 0 Å². The van der Waals surface area contributed by atoms with Crippen LogP contribution < -0.4 is 10.1 Å². The quantitative estimate of drug-likeness (QED) is 0.696. The molecule has 7 nitrogen and oxygen atoms in total. The van der Waals surface area contributed by atoms with Crippen LogP contribution in [0.25, 0.3) is 0 Å². The van der Waals surface area contributed by atoms with E-state index in [0.29, 0.717) is 13.1 Å². The molecule has 1 heterocycles. The van der Waals surface area contributed by atoms with Crippen LogP contribution in [0.1, 0.15) is 18.4 Å². The lowest BCUT2D eigenvalue weighted by Crippen LogP contribution is -2.41. The molecule has 0 radical (unpaired) electrons. The number of carbonyl (C=O) groups is 2. The first-order valence-electron chi connectivity index (χ1n) is 8.02. The van der Waals surface area contributed by atoms with E-state index in [0.717, 1.165) is 30.8 Å². The normalized spacial score (nSPS) is 17.0. The molecule has 2 rings (SSSR count). The highest BCUT2D eigenvalue weighted by molar-refractivity contribution is 5.82. The Morgan fingerprint density at radius 1 is 1.46 bits per heavy atom. The third kappa shape index (κ3) is 6.17. The fourth-order valence-corrected chi connectivity index (χ4v) is 2.72. The highest BCUT2D eigenvalue weighted by Crippen LogP contribution is 2.17. The Balaban J connectivity index is 1.97. The largest absolute Gasteiger partial charge is 0.497 e. The minimum Gasteiger partial charge on any atom is -0.497 e. The number of carboxylic acids is 1. The standard InChI is InChI=1S/C17H24N2O5/c1-23-14-5-2-4-13(8-14)10-19(11-15-6-3-7-24-15)12-16(20)18-9-17(21)22/h2,4-5,8,15H,3,6-7,9-12H2,1H3,(H,18,20)(H,21,22). The molecule has 1 saturated heterocycles. The zero-order valence-corrected chi connectivity index (χ0v) is 13.9. The van der Waals surface area contributed by atoms with Gasteiger partial charge in [-0.15, -0.1) is 0 Å². The van der Waals surface area contributed by atoms with Crippen LogP contribution in [-0.2, 0) is 20.9 Å². The van der Waals surface area contributed by atoms with Gasteiger partial charge in [0, 0.05) is 19.7 Å². The fraction of sp³-hybridized carbons (Fsp3) is 0.529. The number of nitrogens with zero attached hydrogens (tertiary/aromatic N) is 1. The number of carbonyl (C=O) groups excluding carboxylic acids is 1. The number of hydrogen-bond donors (Lipinski definition) is 2. The minimum absolute atomic E-state index is 0.114. The summed E-state index contributed by atoms with van der Waals surface area (Å²) < 4.78 is 10.9. The molecular formula is C17H24N2O5. The van der Waals surface area contributed by atoms with Gasteiger partial charge in [-0.05, 0) is 30.5 Å². The van der Waals surface area contributed by atoms with Crippen molar-refractivity contribution in [2.45, 2.75) is 25.5 Å². The smallest absolute Gasteiger partial charge is 0.322 e. The zero-order chi connectivity index (χ0) is 17.4. The molecule has 1 fully saturated rings. The molecule has 2 N–H and O–H groups in total. The van der Waals surface area contributed by atoms with E-state index in [1.807, 2.05) is 29.2 Å². The van der Waals surface area contributed by atoms with E-state index in [1.165, 1.54) is 0 Å². The summed E-state index contributed by atoms with van der Waals surface area (Å²) in [6.45, 7) is 1.72. The third-order valence-corrected chi connectivity index (χ3v) is 3.83. The van der Waals surface area contributed by atoms with Gasteiger partial charge < -0.3 is 19.9 Å². The Morgan fingerprint density at radius 3 is 2.96 bits per heavy atom. The topological polar surface area (TPSA) is 88.1 Å². The van der Waals surface area contributed by atoms with Crippen LogP contribution in [0.5, 0.6) is 5.75 Å². The van der Waals surface area contributed by atoms with Gasteiger partial charge in [0.25, 0.3) is 0 Å².